The van der Waals surface area contributed by atoms with E-state index in [0.29, 0.717) is 30.2 Å². The van der Waals surface area contributed by atoms with Crippen molar-refractivity contribution in [3.63, 3.8) is 0 Å². The van der Waals surface area contributed by atoms with Gasteiger partial charge in [-0.15, -0.1) is 0 Å². The molecular weight excluding hydrogens is 354 g/mol. The fourth-order valence-electron chi connectivity index (χ4n) is 3.48. The fraction of sp³-hybridized carbons (Fsp3) is 0.500. The van der Waals surface area contributed by atoms with E-state index in [9.17, 15) is 14.4 Å². The van der Waals surface area contributed by atoms with Crippen molar-refractivity contribution >= 4 is 17.8 Å². The van der Waals surface area contributed by atoms with E-state index >= 15 is 0 Å². The molecule has 0 radical (unpaired) electrons. The van der Waals surface area contributed by atoms with E-state index in [4.69, 9.17) is 14.2 Å². The predicted octanol–water partition coefficient (Wildman–Crippen LogP) is 0.477. The molecule has 27 heavy (non-hydrogen) atoms. The van der Waals surface area contributed by atoms with Gasteiger partial charge in [0, 0.05) is 13.2 Å². The van der Waals surface area contributed by atoms with E-state index in [1.165, 1.54) is 0 Å². The molecule has 2 N–H and O–H groups in total. The lowest BCUT2D eigenvalue weighted by Gasteiger charge is -2.22. The number of nitrogens with zero attached hydrogens (tertiary/aromatic N) is 1. The van der Waals surface area contributed by atoms with Crippen LogP contribution >= 0.6 is 0 Å². The monoisotopic (exact) mass is 375 g/mol. The van der Waals surface area contributed by atoms with Gasteiger partial charge in [0.15, 0.2) is 11.5 Å². The highest BCUT2D eigenvalue weighted by Gasteiger charge is 2.49. The molecule has 3 aliphatic heterocycles. The van der Waals surface area contributed by atoms with Gasteiger partial charge < -0.3 is 24.8 Å². The minimum atomic E-state index is -1.27. The number of carbonyl (C=O) groups is 3. The van der Waals surface area contributed by atoms with Gasteiger partial charge in [-0.1, -0.05) is 6.07 Å². The number of rotatable bonds is 5. The molecule has 2 fully saturated rings. The smallest absolute Gasteiger partial charge is 0.325 e. The molecule has 1 aromatic carbocycles. The summed E-state index contributed by atoms with van der Waals surface area (Å²) in [7, 11) is 0. The summed E-state index contributed by atoms with van der Waals surface area (Å²) in [5.74, 6) is 0.218. The van der Waals surface area contributed by atoms with Crippen LogP contribution in [0.1, 0.15) is 25.3 Å². The maximum atomic E-state index is 12.9. The van der Waals surface area contributed by atoms with Gasteiger partial charge in [0.2, 0.25) is 12.7 Å². The second-order valence-electron chi connectivity index (χ2n) is 6.95. The van der Waals surface area contributed by atoms with E-state index in [-0.39, 0.29) is 19.4 Å². The largest absolute Gasteiger partial charge is 0.454 e. The van der Waals surface area contributed by atoms with E-state index in [0.717, 1.165) is 17.7 Å². The lowest BCUT2D eigenvalue weighted by atomic mass is 9.91. The van der Waals surface area contributed by atoms with E-state index in [2.05, 4.69) is 10.6 Å². The summed E-state index contributed by atoms with van der Waals surface area (Å²) in [6.07, 6.45) is 1.86. The van der Waals surface area contributed by atoms with Crippen LogP contribution in [0.3, 0.4) is 0 Å². The molecule has 4 rings (SSSR count). The zero-order valence-electron chi connectivity index (χ0n) is 14.9. The molecule has 9 nitrogen and oxygen atoms in total. The van der Waals surface area contributed by atoms with Gasteiger partial charge in [-0.25, -0.2) is 4.79 Å². The Morgan fingerprint density at radius 3 is 2.93 bits per heavy atom. The van der Waals surface area contributed by atoms with Crippen LogP contribution in [0.15, 0.2) is 18.2 Å². The van der Waals surface area contributed by atoms with Crippen molar-refractivity contribution in [2.45, 2.75) is 31.4 Å². The second-order valence-corrected chi connectivity index (χ2v) is 6.95. The van der Waals surface area contributed by atoms with E-state index in [1.54, 1.807) is 25.1 Å². The first-order valence-electron chi connectivity index (χ1n) is 8.90. The van der Waals surface area contributed by atoms with Crippen LogP contribution in [-0.4, -0.2) is 55.3 Å². The number of imide groups is 1. The third-order valence-electron chi connectivity index (χ3n) is 5.08. The first-order chi connectivity index (χ1) is 13.0. The van der Waals surface area contributed by atoms with Gasteiger partial charge in [-0.2, -0.15) is 0 Å². The van der Waals surface area contributed by atoms with Gasteiger partial charge in [0.1, 0.15) is 12.1 Å². The molecule has 0 unspecified atom stereocenters. The number of fused-ring (bicyclic) bond motifs is 1. The second kappa shape index (κ2) is 6.73. The summed E-state index contributed by atoms with van der Waals surface area (Å²) in [6, 6.07) is 4.46. The molecular formula is C18H21N3O6. The minimum Gasteiger partial charge on any atom is -0.454 e. The maximum Gasteiger partial charge on any atom is 0.325 e. The number of nitrogens with one attached hydrogen (secondary N) is 2. The molecule has 0 bridgehead atoms. The summed E-state index contributed by atoms with van der Waals surface area (Å²) in [6.45, 7) is 2.46. The van der Waals surface area contributed by atoms with Gasteiger partial charge in [0.05, 0.1) is 6.10 Å². The standard InChI is InChI=1S/C18H21N3O6/c1-18(11-4-5-13-14(7-11)27-10-26-13)16(23)21(17(24)20-18)9-15(22)19-8-12-3-2-6-25-12/h4-5,7,12H,2-3,6,8-10H2,1H3,(H,19,22)(H,20,24)/t12-,18+/m0/s1. The van der Waals surface area contributed by atoms with Crippen molar-refractivity contribution in [2.24, 2.45) is 0 Å². The van der Waals surface area contributed by atoms with Crippen molar-refractivity contribution in [3.8, 4) is 11.5 Å². The van der Waals surface area contributed by atoms with Crippen LogP contribution in [0.2, 0.25) is 0 Å². The molecule has 0 aromatic heterocycles. The molecule has 4 amide bonds. The number of hydrogen-bond acceptors (Lipinski definition) is 6. The minimum absolute atomic E-state index is 0.00375. The van der Waals surface area contributed by atoms with E-state index in [1.807, 2.05) is 0 Å². The lowest BCUT2D eigenvalue weighted by molar-refractivity contribution is -0.134. The maximum absolute atomic E-state index is 12.9. The lowest BCUT2D eigenvalue weighted by Crippen LogP contribution is -2.44. The van der Waals surface area contributed by atoms with Crippen molar-refractivity contribution in [1.29, 1.82) is 0 Å². The Morgan fingerprint density at radius 2 is 2.15 bits per heavy atom. The van der Waals surface area contributed by atoms with Crippen LogP contribution in [0, 0.1) is 0 Å². The molecule has 3 aliphatic rings. The summed E-state index contributed by atoms with van der Waals surface area (Å²) in [5, 5.41) is 5.40. The Labute approximate surface area is 155 Å². The summed E-state index contributed by atoms with van der Waals surface area (Å²) >= 11 is 0. The molecule has 2 saturated heterocycles. The molecule has 3 heterocycles. The Balaban J connectivity index is 1.44. The van der Waals surface area contributed by atoms with E-state index < -0.39 is 23.4 Å². The first-order valence-corrected chi connectivity index (χ1v) is 8.90. The number of ether oxygens (including phenoxy) is 3. The van der Waals surface area contributed by atoms with Crippen LogP contribution < -0.4 is 20.1 Å². The van der Waals surface area contributed by atoms with Crippen LogP contribution in [0.25, 0.3) is 0 Å². The average molecular weight is 375 g/mol. The SMILES string of the molecule is C[C@]1(c2ccc3c(c2)OCO3)NC(=O)N(CC(=O)NC[C@@H]2CCCO2)C1=O. The molecule has 0 saturated carbocycles. The molecule has 144 valence electrons. The molecule has 0 spiro atoms. The number of carbonyl (C=O) groups excluding carboxylic acids is 3. The van der Waals surface area contributed by atoms with Crippen molar-refractivity contribution in [2.75, 3.05) is 26.5 Å². The van der Waals surface area contributed by atoms with Crippen molar-refractivity contribution in [1.82, 2.24) is 15.5 Å². The Bertz CT molecular complexity index is 791. The molecule has 1 aromatic rings. The topological polar surface area (TPSA) is 106 Å². The van der Waals surface area contributed by atoms with Gasteiger partial charge in [-0.05, 0) is 37.5 Å². The Hall–Kier alpha value is -2.81. The zero-order chi connectivity index (χ0) is 19.0. The summed E-state index contributed by atoms with van der Waals surface area (Å²) < 4.78 is 16.1. The van der Waals surface area contributed by atoms with Crippen LogP contribution in [-0.2, 0) is 19.9 Å². The van der Waals surface area contributed by atoms with Crippen LogP contribution in [0.5, 0.6) is 11.5 Å². The third-order valence-corrected chi connectivity index (χ3v) is 5.08. The third kappa shape index (κ3) is 3.18. The quantitative estimate of drug-likeness (QED) is 0.725. The average Bonchev–Trinajstić information content (AvgIpc) is 3.37. The first kappa shape index (κ1) is 17.6. The number of hydrogen-bond donors (Lipinski definition) is 2. The van der Waals surface area contributed by atoms with Crippen LogP contribution in [0.4, 0.5) is 4.79 Å². The zero-order valence-corrected chi connectivity index (χ0v) is 14.9. The van der Waals surface area contributed by atoms with Gasteiger partial charge in [0.25, 0.3) is 5.91 Å². The van der Waals surface area contributed by atoms with Gasteiger partial charge >= 0.3 is 6.03 Å². The number of amides is 4. The Morgan fingerprint density at radius 1 is 1.33 bits per heavy atom. The highest BCUT2D eigenvalue weighted by atomic mass is 16.7. The highest BCUT2D eigenvalue weighted by molar-refractivity contribution is 6.09. The summed E-state index contributed by atoms with van der Waals surface area (Å²) in [4.78, 5) is 38.3. The normalized spacial score (nSPS) is 26.4. The fourth-order valence-corrected chi connectivity index (χ4v) is 3.48. The molecule has 2 atom stereocenters. The number of benzene rings is 1. The molecule has 9 heteroatoms. The predicted molar refractivity (Wildman–Crippen MR) is 92.1 cm³/mol. The van der Waals surface area contributed by atoms with Crippen molar-refractivity contribution < 1.29 is 28.6 Å². The van der Waals surface area contributed by atoms with Crippen molar-refractivity contribution in [3.05, 3.63) is 23.8 Å². The Kier molecular flexibility index (Phi) is 4.39. The summed E-state index contributed by atoms with van der Waals surface area (Å²) in [5.41, 5.74) is -0.709. The molecule has 0 aliphatic carbocycles. The van der Waals surface area contributed by atoms with Gasteiger partial charge in [-0.3, -0.25) is 14.5 Å². The number of urea groups is 1. The highest BCUT2D eigenvalue weighted by Crippen LogP contribution is 2.37.